The van der Waals surface area contributed by atoms with Crippen molar-refractivity contribution in [2.45, 2.75) is 46.3 Å². The number of urea groups is 1. The van der Waals surface area contributed by atoms with E-state index in [9.17, 15) is 4.79 Å². The Kier molecular flexibility index (Phi) is 4.95. The number of hydrogen-bond donors (Lipinski definition) is 2. The highest BCUT2D eigenvalue weighted by Crippen LogP contribution is 2.33. The molecule has 2 rings (SSSR count). The standard InChI is InChI=1S/C16H25N5O2/c1-10-13(11(2)21(5)20-10)14-12(6-7-23-14)19-15(22)18-9-16(3,4)8-17/h12,14H,6-7,9H2,1-5H3,(H2,18,19,22)/t12-,14-/m0/s1. The van der Waals surface area contributed by atoms with Gasteiger partial charge in [0.2, 0.25) is 0 Å². The minimum absolute atomic E-state index is 0.0956. The summed E-state index contributed by atoms with van der Waals surface area (Å²) in [6, 6.07) is 1.80. The van der Waals surface area contributed by atoms with Gasteiger partial charge in [0.1, 0.15) is 6.10 Å². The van der Waals surface area contributed by atoms with Crippen molar-refractivity contribution in [2.24, 2.45) is 12.5 Å². The molecule has 126 valence electrons. The van der Waals surface area contributed by atoms with Crippen molar-refractivity contribution < 1.29 is 9.53 Å². The number of nitrogens with one attached hydrogen (secondary N) is 2. The van der Waals surface area contributed by atoms with Crippen molar-refractivity contribution in [3.8, 4) is 6.07 Å². The Balaban J connectivity index is 2.02. The number of nitriles is 1. The Bertz CT molecular complexity index is 629. The molecule has 1 fully saturated rings. The summed E-state index contributed by atoms with van der Waals surface area (Å²) in [4.78, 5) is 12.1. The molecule has 1 saturated heterocycles. The summed E-state index contributed by atoms with van der Waals surface area (Å²) in [5.74, 6) is 0. The molecule has 2 N–H and O–H groups in total. The van der Waals surface area contributed by atoms with Gasteiger partial charge in [0, 0.05) is 31.5 Å². The molecule has 0 aliphatic carbocycles. The van der Waals surface area contributed by atoms with Gasteiger partial charge in [-0.25, -0.2) is 4.79 Å². The SMILES string of the molecule is Cc1nn(C)c(C)c1[C@H]1OCC[C@@H]1NC(=O)NCC(C)(C)C#N. The van der Waals surface area contributed by atoms with Crippen LogP contribution in [0.1, 0.15) is 43.3 Å². The molecule has 1 aliphatic heterocycles. The van der Waals surface area contributed by atoms with E-state index in [0.29, 0.717) is 13.2 Å². The molecule has 7 nitrogen and oxygen atoms in total. The van der Waals surface area contributed by atoms with Crippen LogP contribution in [-0.2, 0) is 11.8 Å². The van der Waals surface area contributed by atoms with E-state index in [1.54, 1.807) is 13.8 Å². The minimum Gasteiger partial charge on any atom is -0.371 e. The number of carbonyl (C=O) groups excluding carboxylic acids is 1. The van der Waals surface area contributed by atoms with Crippen molar-refractivity contribution in [3.05, 3.63) is 17.0 Å². The second-order valence-corrected chi connectivity index (χ2v) is 6.72. The van der Waals surface area contributed by atoms with E-state index in [4.69, 9.17) is 10.00 Å². The molecule has 2 heterocycles. The van der Waals surface area contributed by atoms with Crippen LogP contribution >= 0.6 is 0 Å². The van der Waals surface area contributed by atoms with Crippen molar-refractivity contribution in [3.63, 3.8) is 0 Å². The minimum atomic E-state index is -0.584. The Morgan fingerprint density at radius 3 is 2.78 bits per heavy atom. The summed E-state index contributed by atoms with van der Waals surface area (Å²) in [5, 5.41) is 19.1. The van der Waals surface area contributed by atoms with Crippen molar-refractivity contribution in [1.82, 2.24) is 20.4 Å². The number of carbonyl (C=O) groups is 1. The van der Waals surface area contributed by atoms with Gasteiger partial charge >= 0.3 is 6.03 Å². The number of ether oxygens (including phenoxy) is 1. The van der Waals surface area contributed by atoms with Gasteiger partial charge in [0.15, 0.2) is 0 Å². The van der Waals surface area contributed by atoms with Crippen LogP contribution in [0.3, 0.4) is 0 Å². The predicted molar refractivity (Wildman–Crippen MR) is 85.7 cm³/mol. The van der Waals surface area contributed by atoms with Gasteiger partial charge in [0.05, 0.1) is 23.2 Å². The van der Waals surface area contributed by atoms with E-state index in [0.717, 1.165) is 23.4 Å². The summed E-state index contributed by atoms with van der Waals surface area (Å²) in [6.07, 6.45) is 0.575. The van der Waals surface area contributed by atoms with Crippen LogP contribution in [0.4, 0.5) is 4.79 Å². The van der Waals surface area contributed by atoms with Crippen molar-refractivity contribution in [2.75, 3.05) is 13.2 Å². The Morgan fingerprint density at radius 2 is 2.22 bits per heavy atom. The highest BCUT2D eigenvalue weighted by Gasteiger charge is 2.34. The molecular weight excluding hydrogens is 294 g/mol. The van der Waals surface area contributed by atoms with Gasteiger partial charge in [-0.15, -0.1) is 0 Å². The normalized spacial score (nSPS) is 21.0. The first-order valence-corrected chi connectivity index (χ1v) is 7.82. The lowest BCUT2D eigenvalue weighted by Gasteiger charge is -2.22. The molecule has 0 radical (unpaired) electrons. The molecule has 23 heavy (non-hydrogen) atoms. The van der Waals surface area contributed by atoms with Crippen LogP contribution in [0.15, 0.2) is 0 Å². The van der Waals surface area contributed by atoms with E-state index in [-0.39, 0.29) is 18.2 Å². The zero-order valence-corrected chi connectivity index (χ0v) is 14.4. The smallest absolute Gasteiger partial charge is 0.315 e. The fourth-order valence-electron chi connectivity index (χ4n) is 2.78. The lowest BCUT2D eigenvalue weighted by Crippen LogP contribution is -2.45. The topological polar surface area (TPSA) is 92.0 Å². The van der Waals surface area contributed by atoms with E-state index in [1.807, 2.05) is 25.6 Å². The highest BCUT2D eigenvalue weighted by molar-refractivity contribution is 5.74. The van der Waals surface area contributed by atoms with Crippen LogP contribution in [0.25, 0.3) is 0 Å². The number of aromatic nitrogens is 2. The third-order valence-electron chi connectivity index (χ3n) is 4.25. The molecular formula is C16H25N5O2. The number of amides is 2. The van der Waals surface area contributed by atoms with Gasteiger partial charge < -0.3 is 15.4 Å². The van der Waals surface area contributed by atoms with Gasteiger partial charge in [-0.1, -0.05) is 0 Å². The molecule has 1 aromatic heterocycles. The molecule has 1 aromatic rings. The third-order valence-corrected chi connectivity index (χ3v) is 4.25. The Labute approximate surface area is 137 Å². The molecule has 7 heteroatoms. The van der Waals surface area contributed by atoms with Gasteiger partial charge in [-0.05, 0) is 34.1 Å². The van der Waals surface area contributed by atoms with Crippen molar-refractivity contribution >= 4 is 6.03 Å². The molecule has 0 bridgehead atoms. The van der Waals surface area contributed by atoms with Crippen LogP contribution in [0.2, 0.25) is 0 Å². The number of rotatable bonds is 4. The Hall–Kier alpha value is -2.07. The van der Waals surface area contributed by atoms with Crippen LogP contribution in [-0.4, -0.2) is 35.0 Å². The zero-order valence-electron chi connectivity index (χ0n) is 14.4. The first-order valence-electron chi connectivity index (χ1n) is 7.82. The summed E-state index contributed by atoms with van der Waals surface area (Å²) in [6.45, 7) is 8.44. The number of nitrogens with zero attached hydrogens (tertiary/aromatic N) is 3. The maximum atomic E-state index is 12.1. The first kappa shape index (κ1) is 17.3. The predicted octanol–water partition coefficient (Wildman–Crippen LogP) is 1.72. The second kappa shape index (κ2) is 6.59. The molecule has 0 unspecified atom stereocenters. The molecule has 0 spiro atoms. The average molecular weight is 319 g/mol. The Morgan fingerprint density at radius 1 is 1.52 bits per heavy atom. The van der Waals surface area contributed by atoms with Crippen LogP contribution in [0.5, 0.6) is 0 Å². The molecule has 1 aliphatic rings. The fraction of sp³-hybridized carbons (Fsp3) is 0.688. The quantitative estimate of drug-likeness (QED) is 0.884. The van der Waals surface area contributed by atoms with E-state index >= 15 is 0 Å². The summed E-state index contributed by atoms with van der Waals surface area (Å²) in [5.41, 5.74) is 2.44. The number of aryl methyl sites for hydroxylation is 2. The number of hydrogen-bond acceptors (Lipinski definition) is 4. The largest absolute Gasteiger partial charge is 0.371 e. The maximum Gasteiger partial charge on any atom is 0.315 e. The van der Waals surface area contributed by atoms with Crippen LogP contribution < -0.4 is 10.6 Å². The molecule has 2 atom stereocenters. The van der Waals surface area contributed by atoms with E-state index in [1.165, 1.54) is 0 Å². The first-order chi connectivity index (χ1) is 10.7. The monoisotopic (exact) mass is 319 g/mol. The maximum absolute atomic E-state index is 12.1. The van der Waals surface area contributed by atoms with Crippen molar-refractivity contribution in [1.29, 1.82) is 5.26 Å². The van der Waals surface area contributed by atoms with E-state index < -0.39 is 5.41 Å². The van der Waals surface area contributed by atoms with Crippen LogP contribution in [0, 0.1) is 30.6 Å². The van der Waals surface area contributed by atoms with Gasteiger partial charge in [-0.2, -0.15) is 10.4 Å². The van der Waals surface area contributed by atoms with Gasteiger partial charge in [-0.3, -0.25) is 4.68 Å². The highest BCUT2D eigenvalue weighted by atomic mass is 16.5. The lowest BCUT2D eigenvalue weighted by atomic mass is 9.96. The van der Waals surface area contributed by atoms with E-state index in [2.05, 4.69) is 21.8 Å². The molecule has 0 aromatic carbocycles. The lowest BCUT2D eigenvalue weighted by molar-refractivity contribution is 0.0988. The second-order valence-electron chi connectivity index (χ2n) is 6.72. The summed E-state index contributed by atoms with van der Waals surface area (Å²) in [7, 11) is 1.90. The summed E-state index contributed by atoms with van der Waals surface area (Å²) >= 11 is 0. The molecule has 2 amide bonds. The fourth-order valence-corrected chi connectivity index (χ4v) is 2.78. The third kappa shape index (κ3) is 3.82. The molecule has 0 saturated carbocycles. The zero-order chi connectivity index (χ0) is 17.2. The average Bonchev–Trinajstić information content (AvgIpc) is 3.02. The van der Waals surface area contributed by atoms with Gasteiger partial charge in [0.25, 0.3) is 0 Å². The summed E-state index contributed by atoms with van der Waals surface area (Å²) < 4.78 is 7.68.